The number of hydrogen-bond donors (Lipinski definition) is 3. The number of aliphatic hydroxyl groups is 2. The zero-order valence-corrected chi connectivity index (χ0v) is 11.8. The van der Waals surface area contributed by atoms with E-state index in [-0.39, 0.29) is 30.1 Å². The van der Waals surface area contributed by atoms with Gasteiger partial charge in [-0.05, 0) is 0 Å². The summed E-state index contributed by atoms with van der Waals surface area (Å²) in [5.41, 5.74) is 4.74. The molecule has 0 saturated carbocycles. The van der Waals surface area contributed by atoms with Crippen LogP contribution in [0.1, 0.15) is 12.6 Å². The number of imidazole rings is 1. The third-order valence-corrected chi connectivity index (χ3v) is 3.67. The number of aromatic nitrogens is 4. The molecule has 2 aromatic heterocycles. The summed E-state index contributed by atoms with van der Waals surface area (Å²) in [4.78, 5) is 20.1. The van der Waals surface area contributed by atoms with Crippen molar-refractivity contribution >= 4 is 17.1 Å². The van der Waals surface area contributed by atoms with Gasteiger partial charge in [-0.2, -0.15) is 4.98 Å². The maximum Gasteiger partial charge on any atom is 0.332 e. The van der Waals surface area contributed by atoms with Gasteiger partial charge in [0.25, 0.3) is 6.43 Å². The summed E-state index contributed by atoms with van der Waals surface area (Å²) in [5.74, 6) is -0.147. The van der Waals surface area contributed by atoms with Crippen molar-refractivity contribution in [3.63, 3.8) is 0 Å². The topological polar surface area (TPSA) is 128 Å². The Morgan fingerprint density at radius 2 is 2.26 bits per heavy atom. The molecule has 0 amide bonds. The lowest BCUT2D eigenvalue weighted by atomic mass is 10.2. The lowest BCUT2D eigenvalue weighted by Gasteiger charge is -2.15. The monoisotopic (exact) mass is 331 g/mol. The fourth-order valence-corrected chi connectivity index (χ4v) is 2.69. The molecular weight excluding hydrogens is 316 g/mol. The first-order chi connectivity index (χ1) is 10.9. The van der Waals surface area contributed by atoms with E-state index in [1.54, 1.807) is 0 Å². The number of ether oxygens (including phenoxy) is 1. The van der Waals surface area contributed by atoms with E-state index in [0.717, 1.165) is 9.13 Å². The van der Waals surface area contributed by atoms with Crippen LogP contribution < -0.4 is 11.4 Å². The van der Waals surface area contributed by atoms with E-state index in [1.807, 2.05) is 0 Å². The van der Waals surface area contributed by atoms with E-state index in [9.17, 15) is 18.7 Å². The predicted octanol–water partition coefficient (Wildman–Crippen LogP) is -0.919. The summed E-state index contributed by atoms with van der Waals surface area (Å²) >= 11 is 0. The van der Waals surface area contributed by atoms with Crippen LogP contribution in [0.2, 0.25) is 0 Å². The first-order valence-corrected chi connectivity index (χ1v) is 6.88. The molecule has 0 radical (unpaired) electrons. The predicted molar refractivity (Wildman–Crippen MR) is 73.8 cm³/mol. The van der Waals surface area contributed by atoms with Gasteiger partial charge in [-0.3, -0.25) is 4.57 Å². The van der Waals surface area contributed by atoms with Crippen LogP contribution in [0.4, 0.5) is 14.7 Å². The quantitative estimate of drug-likeness (QED) is 0.661. The fourth-order valence-electron chi connectivity index (χ4n) is 2.69. The summed E-state index contributed by atoms with van der Waals surface area (Å²) in [6.07, 6.45) is -4.38. The second-order valence-corrected chi connectivity index (χ2v) is 5.23. The minimum atomic E-state index is -2.76. The van der Waals surface area contributed by atoms with Crippen LogP contribution in [0.5, 0.6) is 0 Å². The number of alkyl halides is 2. The van der Waals surface area contributed by atoms with E-state index in [4.69, 9.17) is 15.6 Å². The smallest absolute Gasteiger partial charge is 0.332 e. The summed E-state index contributed by atoms with van der Waals surface area (Å²) in [7, 11) is 0. The van der Waals surface area contributed by atoms with E-state index in [0.29, 0.717) is 0 Å². The Morgan fingerprint density at radius 3 is 2.87 bits per heavy atom. The Labute approximate surface area is 127 Å². The number of anilines is 1. The number of nitrogens with two attached hydrogens (primary N) is 1. The van der Waals surface area contributed by atoms with E-state index in [2.05, 4.69) is 9.97 Å². The highest BCUT2D eigenvalue weighted by atomic mass is 19.3. The third kappa shape index (κ3) is 2.66. The molecule has 1 aliphatic rings. The number of fused-ring (bicyclic) bond motifs is 1. The fraction of sp³-hybridized carbons (Fsp3) is 0.583. The summed E-state index contributed by atoms with van der Waals surface area (Å²) in [6, 6.07) is 0. The number of rotatable bonds is 4. The lowest BCUT2D eigenvalue weighted by molar-refractivity contribution is -0.0507. The van der Waals surface area contributed by atoms with Crippen LogP contribution in [0.25, 0.3) is 11.2 Å². The SMILES string of the molecule is Nc1ncc2c(n1)n([C@@H]1O[C@H](CO)C[C@H]1O)c(=O)n2CC(F)F. The Hall–Kier alpha value is -2.11. The van der Waals surface area contributed by atoms with Gasteiger partial charge in [0, 0.05) is 6.42 Å². The summed E-state index contributed by atoms with van der Waals surface area (Å²) in [6.45, 7) is -1.18. The van der Waals surface area contributed by atoms with Crippen LogP contribution >= 0.6 is 0 Å². The van der Waals surface area contributed by atoms with Crippen LogP contribution in [-0.4, -0.2) is 54.6 Å². The maximum absolute atomic E-state index is 12.7. The summed E-state index contributed by atoms with van der Waals surface area (Å²) in [5, 5.41) is 19.2. The van der Waals surface area contributed by atoms with Gasteiger partial charge < -0.3 is 20.7 Å². The molecule has 11 heteroatoms. The van der Waals surface area contributed by atoms with Crippen molar-refractivity contribution in [3.05, 3.63) is 16.7 Å². The van der Waals surface area contributed by atoms with E-state index >= 15 is 0 Å². The molecule has 4 N–H and O–H groups in total. The molecule has 2 aromatic rings. The Balaban J connectivity index is 2.18. The molecule has 0 spiro atoms. The molecule has 23 heavy (non-hydrogen) atoms. The zero-order valence-electron chi connectivity index (χ0n) is 11.8. The maximum atomic E-state index is 12.7. The molecule has 3 heterocycles. The number of aliphatic hydroxyl groups excluding tert-OH is 2. The molecule has 1 saturated heterocycles. The van der Waals surface area contributed by atoms with Crippen LogP contribution in [-0.2, 0) is 11.3 Å². The average molecular weight is 331 g/mol. The minimum Gasteiger partial charge on any atom is -0.394 e. The third-order valence-electron chi connectivity index (χ3n) is 3.67. The molecule has 0 aliphatic carbocycles. The van der Waals surface area contributed by atoms with Gasteiger partial charge >= 0.3 is 5.69 Å². The van der Waals surface area contributed by atoms with Gasteiger partial charge in [0.2, 0.25) is 5.95 Å². The van der Waals surface area contributed by atoms with Crippen molar-refractivity contribution in [1.29, 1.82) is 0 Å². The standard InChI is InChI=1S/C12H15F2N5O4/c13-8(14)3-18-6-2-16-11(15)17-9(6)19(12(18)22)10-7(21)1-5(4-20)23-10/h2,5,7-8,10,20-21H,1,3-4H2,(H2,15,16,17)/t5-,7+,10+/m0/s1. The Morgan fingerprint density at radius 1 is 1.52 bits per heavy atom. The van der Waals surface area contributed by atoms with Gasteiger partial charge in [-0.1, -0.05) is 0 Å². The largest absolute Gasteiger partial charge is 0.394 e. The second kappa shape index (κ2) is 5.83. The lowest BCUT2D eigenvalue weighted by Crippen LogP contribution is -2.33. The van der Waals surface area contributed by atoms with Crippen LogP contribution in [0.3, 0.4) is 0 Å². The number of hydrogen-bond acceptors (Lipinski definition) is 7. The van der Waals surface area contributed by atoms with Gasteiger partial charge in [0.15, 0.2) is 11.9 Å². The highest BCUT2D eigenvalue weighted by Crippen LogP contribution is 2.30. The van der Waals surface area contributed by atoms with Gasteiger partial charge in [-0.25, -0.2) is 23.1 Å². The first-order valence-electron chi connectivity index (χ1n) is 6.88. The average Bonchev–Trinajstić information content (AvgIpc) is 2.97. The Kier molecular flexibility index (Phi) is 4.00. The summed E-state index contributed by atoms with van der Waals surface area (Å²) < 4.78 is 32.7. The van der Waals surface area contributed by atoms with Crippen molar-refractivity contribution in [2.45, 2.75) is 37.8 Å². The number of halogens is 2. The second-order valence-electron chi connectivity index (χ2n) is 5.23. The minimum absolute atomic E-state index is 0.00853. The van der Waals surface area contributed by atoms with Gasteiger partial charge in [-0.15, -0.1) is 0 Å². The van der Waals surface area contributed by atoms with Crippen molar-refractivity contribution < 1.29 is 23.7 Å². The van der Waals surface area contributed by atoms with Crippen molar-refractivity contribution in [2.75, 3.05) is 12.3 Å². The molecule has 3 atom stereocenters. The molecule has 3 rings (SSSR count). The number of nitrogen functional groups attached to an aromatic ring is 1. The molecule has 0 aromatic carbocycles. The Bertz CT molecular complexity index is 777. The van der Waals surface area contributed by atoms with Gasteiger partial charge in [0.1, 0.15) is 11.6 Å². The van der Waals surface area contributed by atoms with Crippen molar-refractivity contribution in [1.82, 2.24) is 19.1 Å². The molecule has 1 aliphatic heterocycles. The molecular formula is C12H15F2N5O4. The normalized spacial score (nSPS) is 24.8. The highest BCUT2D eigenvalue weighted by Gasteiger charge is 2.38. The van der Waals surface area contributed by atoms with E-state index in [1.165, 1.54) is 6.20 Å². The van der Waals surface area contributed by atoms with E-state index < -0.39 is 37.1 Å². The van der Waals surface area contributed by atoms with Crippen molar-refractivity contribution in [2.24, 2.45) is 0 Å². The van der Waals surface area contributed by atoms with Crippen LogP contribution in [0, 0.1) is 0 Å². The molecule has 0 bridgehead atoms. The molecule has 0 unspecified atom stereocenters. The highest BCUT2D eigenvalue weighted by molar-refractivity contribution is 5.71. The van der Waals surface area contributed by atoms with Crippen molar-refractivity contribution in [3.8, 4) is 0 Å². The van der Waals surface area contributed by atoms with Gasteiger partial charge in [0.05, 0.1) is 25.5 Å². The number of nitrogens with zero attached hydrogens (tertiary/aromatic N) is 4. The molecule has 9 nitrogen and oxygen atoms in total. The first kappa shape index (κ1) is 15.8. The zero-order chi connectivity index (χ0) is 16.7. The van der Waals surface area contributed by atoms with Crippen LogP contribution in [0.15, 0.2) is 11.0 Å². The molecule has 1 fully saturated rings. The molecule has 126 valence electrons.